The van der Waals surface area contributed by atoms with E-state index in [4.69, 9.17) is 5.84 Å². The van der Waals surface area contributed by atoms with E-state index >= 15 is 0 Å². The first-order chi connectivity index (χ1) is 9.03. The lowest BCUT2D eigenvalue weighted by Gasteiger charge is -2.15. The van der Waals surface area contributed by atoms with Gasteiger partial charge in [0.05, 0.1) is 4.92 Å². The van der Waals surface area contributed by atoms with E-state index in [0.29, 0.717) is 5.56 Å². The lowest BCUT2D eigenvalue weighted by Crippen LogP contribution is -2.33. The van der Waals surface area contributed by atoms with Gasteiger partial charge in [-0.2, -0.15) is 0 Å². The zero-order chi connectivity index (χ0) is 14.4. The maximum Gasteiger partial charge on any atom is 0.293 e. The zero-order valence-corrected chi connectivity index (χ0v) is 11.0. The number of benzene rings is 1. The van der Waals surface area contributed by atoms with Crippen LogP contribution < -0.4 is 16.6 Å². The fraction of sp³-hybridized carbons (Fsp3) is 0.417. The van der Waals surface area contributed by atoms with Crippen LogP contribution in [0.25, 0.3) is 0 Å². The topological polar surface area (TPSA) is 110 Å². The molecule has 0 heterocycles. The molecule has 0 aliphatic carbocycles. The molecule has 0 saturated carbocycles. The number of carbonyl (C=O) groups excluding carboxylic acids is 1. The molecule has 19 heavy (non-hydrogen) atoms. The fourth-order valence-electron chi connectivity index (χ4n) is 1.71. The van der Waals surface area contributed by atoms with Crippen molar-refractivity contribution in [1.82, 2.24) is 5.32 Å². The van der Waals surface area contributed by atoms with E-state index in [0.717, 1.165) is 12.8 Å². The molecule has 0 atom stereocenters. The summed E-state index contributed by atoms with van der Waals surface area (Å²) in [5.74, 6) is 4.96. The number of anilines is 1. The summed E-state index contributed by atoms with van der Waals surface area (Å²) in [5, 5.41) is 13.6. The Kier molecular flexibility index (Phi) is 5.25. The maximum absolute atomic E-state index is 12.0. The highest BCUT2D eigenvalue weighted by molar-refractivity contribution is 5.96. The van der Waals surface area contributed by atoms with Crippen molar-refractivity contribution in [3.63, 3.8) is 0 Å². The number of nitro benzene ring substituents is 1. The molecule has 7 nitrogen and oxygen atoms in total. The number of hydrogen-bond acceptors (Lipinski definition) is 5. The molecule has 0 aromatic heterocycles. The third-order valence-electron chi connectivity index (χ3n) is 2.93. The molecular weight excluding hydrogens is 248 g/mol. The van der Waals surface area contributed by atoms with Gasteiger partial charge in [0.15, 0.2) is 0 Å². The summed E-state index contributed by atoms with van der Waals surface area (Å²) < 4.78 is 0. The number of hydrazine groups is 1. The van der Waals surface area contributed by atoms with Crippen molar-refractivity contribution in [2.45, 2.75) is 32.7 Å². The molecular formula is C12H18N4O3. The number of rotatable bonds is 6. The molecule has 4 N–H and O–H groups in total. The van der Waals surface area contributed by atoms with Gasteiger partial charge >= 0.3 is 0 Å². The number of nitrogen functional groups attached to an aromatic ring is 1. The molecule has 7 heteroatoms. The predicted molar refractivity (Wildman–Crippen MR) is 72.7 cm³/mol. The summed E-state index contributed by atoms with van der Waals surface area (Å²) in [6, 6.07) is 4.14. The number of carbonyl (C=O) groups is 1. The number of nitro groups is 1. The van der Waals surface area contributed by atoms with E-state index in [9.17, 15) is 14.9 Å². The highest BCUT2D eigenvalue weighted by Crippen LogP contribution is 2.24. The molecule has 0 saturated heterocycles. The Morgan fingerprint density at radius 2 is 2.05 bits per heavy atom. The summed E-state index contributed by atoms with van der Waals surface area (Å²) in [7, 11) is 0. The van der Waals surface area contributed by atoms with Gasteiger partial charge in [-0.05, 0) is 25.0 Å². The molecule has 1 amide bonds. The second-order valence-electron chi connectivity index (χ2n) is 4.12. The minimum absolute atomic E-state index is 0.0944. The lowest BCUT2D eigenvalue weighted by molar-refractivity contribution is -0.384. The zero-order valence-electron chi connectivity index (χ0n) is 11.0. The van der Waals surface area contributed by atoms with Gasteiger partial charge < -0.3 is 10.7 Å². The fourth-order valence-corrected chi connectivity index (χ4v) is 1.71. The van der Waals surface area contributed by atoms with Gasteiger partial charge in [0, 0.05) is 17.7 Å². The Labute approximate surface area is 111 Å². The molecule has 0 radical (unpaired) electrons. The van der Waals surface area contributed by atoms with Gasteiger partial charge in [-0.3, -0.25) is 20.8 Å². The van der Waals surface area contributed by atoms with Crippen LogP contribution in [-0.4, -0.2) is 16.9 Å². The summed E-state index contributed by atoms with van der Waals surface area (Å²) >= 11 is 0. The van der Waals surface area contributed by atoms with Crippen molar-refractivity contribution in [1.29, 1.82) is 0 Å². The normalized spacial score (nSPS) is 10.3. The molecule has 0 aliphatic heterocycles. The van der Waals surface area contributed by atoms with Crippen molar-refractivity contribution in [2.24, 2.45) is 5.84 Å². The summed E-state index contributed by atoms with van der Waals surface area (Å²) in [6.07, 6.45) is 1.66. The second-order valence-corrected chi connectivity index (χ2v) is 4.12. The first kappa shape index (κ1) is 14.9. The molecule has 0 spiro atoms. The first-order valence-electron chi connectivity index (χ1n) is 6.09. The van der Waals surface area contributed by atoms with Crippen LogP contribution in [0.2, 0.25) is 0 Å². The van der Waals surface area contributed by atoms with Gasteiger partial charge in [-0.15, -0.1) is 0 Å². The van der Waals surface area contributed by atoms with E-state index < -0.39 is 4.92 Å². The van der Waals surface area contributed by atoms with E-state index in [1.165, 1.54) is 18.2 Å². The Morgan fingerprint density at radius 3 is 2.53 bits per heavy atom. The van der Waals surface area contributed by atoms with E-state index in [1.807, 2.05) is 13.8 Å². The molecule has 0 aliphatic rings. The van der Waals surface area contributed by atoms with E-state index in [2.05, 4.69) is 10.7 Å². The number of amides is 1. The summed E-state index contributed by atoms with van der Waals surface area (Å²) in [4.78, 5) is 22.2. The average molecular weight is 266 g/mol. The molecule has 0 unspecified atom stereocenters. The standard InChI is InChI=1S/C12H18N4O3/c1-3-9(4-2)14-12(17)8-5-6-11(16(18)19)10(7-8)15-13/h5-7,9,15H,3-4,13H2,1-2H3,(H,14,17). The van der Waals surface area contributed by atoms with Crippen molar-refractivity contribution < 1.29 is 9.72 Å². The van der Waals surface area contributed by atoms with Crippen molar-refractivity contribution in [3.8, 4) is 0 Å². The molecule has 1 aromatic rings. The Hall–Kier alpha value is -2.15. The van der Waals surface area contributed by atoms with Gasteiger partial charge in [0.2, 0.25) is 0 Å². The largest absolute Gasteiger partial charge is 0.349 e. The predicted octanol–water partition coefficient (Wildman–Crippen LogP) is 1.80. The average Bonchev–Trinajstić information content (AvgIpc) is 2.43. The number of nitrogens with one attached hydrogen (secondary N) is 2. The van der Waals surface area contributed by atoms with Crippen molar-refractivity contribution in [2.75, 3.05) is 5.43 Å². The van der Waals surface area contributed by atoms with Crippen LogP contribution in [-0.2, 0) is 0 Å². The number of hydrogen-bond donors (Lipinski definition) is 3. The van der Waals surface area contributed by atoms with Gasteiger partial charge in [0.25, 0.3) is 11.6 Å². The van der Waals surface area contributed by atoms with Gasteiger partial charge in [-0.1, -0.05) is 13.8 Å². The Morgan fingerprint density at radius 1 is 1.42 bits per heavy atom. The summed E-state index contributed by atoms with van der Waals surface area (Å²) in [5.41, 5.74) is 2.52. The van der Waals surface area contributed by atoms with Gasteiger partial charge in [-0.25, -0.2) is 0 Å². The highest BCUT2D eigenvalue weighted by atomic mass is 16.6. The number of nitrogens with zero attached hydrogens (tertiary/aromatic N) is 1. The van der Waals surface area contributed by atoms with Crippen LogP contribution >= 0.6 is 0 Å². The van der Waals surface area contributed by atoms with Crippen molar-refractivity contribution in [3.05, 3.63) is 33.9 Å². The molecule has 1 rings (SSSR count). The van der Waals surface area contributed by atoms with Crippen LogP contribution in [0.5, 0.6) is 0 Å². The van der Waals surface area contributed by atoms with Crippen LogP contribution in [0.1, 0.15) is 37.0 Å². The molecule has 104 valence electrons. The third kappa shape index (κ3) is 3.65. The van der Waals surface area contributed by atoms with Crippen LogP contribution in [0.4, 0.5) is 11.4 Å². The molecule has 1 aromatic carbocycles. The van der Waals surface area contributed by atoms with Crippen LogP contribution in [0.3, 0.4) is 0 Å². The number of nitrogens with two attached hydrogens (primary N) is 1. The van der Waals surface area contributed by atoms with Crippen molar-refractivity contribution >= 4 is 17.3 Å². The molecule has 0 fully saturated rings. The first-order valence-corrected chi connectivity index (χ1v) is 6.09. The monoisotopic (exact) mass is 266 g/mol. The maximum atomic E-state index is 12.0. The minimum Gasteiger partial charge on any atom is -0.349 e. The van der Waals surface area contributed by atoms with Gasteiger partial charge in [0.1, 0.15) is 5.69 Å². The van der Waals surface area contributed by atoms with Crippen LogP contribution in [0.15, 0.2) is 18.2 Å². The minimum atomic E-state index is -0.558. The SMILES string of the molecule is CCC(CC)NC(=O)c1ccc([N+](=O)[O-])c(NN)c1. The lowest BCUT2D eigenvalue weighted by atomic mass is 10.1. The second kappa shape index (κ2) is 6.69. The molecule has 0 bridgehead atoms. The van der Waals surface area contributed by atoms with E-state index in [-0.39, 0.29) is 23.3 Å². The third-order valence-corrected chi connectivity index (χ3v) is 2.93. The quantitative estimate of drug-likeness (QED) is 0.413. The van der Waals surface area contributed by atoms with Crippen LogP contribution in [0, 0.1) is 10.1 Å². The Balaban J connectivity index is 2.96. The highest BCUT2D eigenvalue weighted by Gasteiger charge is 2.17. The Bertz CT molecular complexity index is 472. The summed E-state index contributed by atoms with van der Waals surface area (Å²) in [6.45, 7) is 3.97. The smallest absolute Gasteiger partial charge is 0.293 e. The van der Waals surface area contributed by atoms with E-state index in [1.54, 1.807) is 0 Å².